The molecule has 1 aromatic carbocycles. The van der Waals surface area contributed by atoms with Crippen LogP contribution in [0.4, 0.5) is 5.69 Å². The third kappa shape index (κ3) is 5.52. The zero-order valence-corrected chi connectivity index (χ0v) is 15.8. The Morgan fingerprint density at radius 1 is 1.15 bits per heavy atom. The topological polar surface area (TPSA) is 88.6 Å². The maximum absolute atomic E-state index is 12.4. The number of ether oxygens (including phenoxy) is 1. The molecule has 142 valence electrons. The van der Waals surface area contributed by atoms with E-state index < -0.39 is 18.5 Å². The SMILES string of the molecule is CCN(CC)C(=O)c1cccc(NC(=O)COC(=O)c2cccnc2Cl)c1. The van der Waals surface area contributed by atoms with E-state index in [-0.39, 0.29) is 16.6 Å². The van der Waals surface area contributed by atoms with Crippen molar-refractivity contribution >= 4 is 35.1 Å². The van der Waals surface area contributed by atoms with Gasteiger partial charge in [0, 0.05) is 30.5 Å². The van der Waals surface area contributed by atoms with E-state index in [4.69, 9.17) is 16.3 Å². The molecule has 0 saturated carbocycles. The first-order valence-corrected chi connectivity index (χ1v) is 8.80. The first-order valence-electron chi connectivity index (χ1n) is 8.43. The smallest absolute Gasteiger partial charge is 0.341 e. The molecule has 0 fully saturated rings. The Kier molecular flexibility index (Phi) is 7.31. The molecular weight excluding hydrogens is 370 g/mol. The highest BCUT2D eigenvalue weighted by atomic mass is 35.5. The van der Waals surface area contributed by atoms with Gasteiger partial charge in [0.2, 0.25) is 0 Å². The van der Waals surface area contributed by atoms with Crippen molar-refractivity contribution in [3.8, 4) is 0 Å². The quantitative estimate of drug-likeness (QED) is 0.580. The van der Waals surface area contributed by atoms with Crippen molar-refractivity contribution in [3.05, 3.63) is 58.9 Å². The lowest BCUT2D eigenvalue weighted by molar-refractivity contribution is -0.119. The number of carbonyl (C=O) groups is 3. The van der Waals surface area contributed by atoms with E-state index in [1.54, 1.807) is 35.2 Å². The number of esters is 1. The zero-order valence-electron chi connectivity index (χ0n) is 15.1. The summed E-state index contributed by atoms with van der Waals surface area (Å²) in [5, 5.41) is 2.60. The van der Waals surface area contributed by atoms with E-state index in [1.807, 2.05) is 13.8 Å². The van der Waals surface area contributed by atoms with E-state index in [1.165, 1.54) is 12.3 Å². The van der Waals surface area contributed by atoms with Gasteiger partial charge in [0.1, 0.15) is 5.15 Å². The highest BCUT2D eigenvalue weighted by Gasteiger charge is 2.15. The standard InChI is InChI=1S/C19H20ClN3O4/c1-3-23(4-2)18(25)13-7-5-8-14(11-13)22-16(24)12-27-19(26)15-9-6-10-21-17(15)20/h5-11H,3-4,12H2,1-2H3,(H,22,24). The minimum absolute atomic E-state index is 0.00512. The van der Waals surface area contributed by atoms with Gasteiger partial charge in [-0.15, -0.1) is 0 Å². The number of hydrogen-bond donors (Lipinski definition) is 1. The second-order valence-corrected chi connectivity index (χ2v) is 5.88. The fourth-order valence-electron chi connectivity index (χ4n) is 2.37. The van der Waals surface area contributed by atoms with Crippen LogP contribution in [-0.4, -0.2) is 47.4 Å². The summed E-state index contributed by atoms with van der Waals surface area (Å²) >= 11 is 5.81. The van der Waals surface area contributed by atoms with Gasteiger partial charge in [-0.3, -0.25) is 9.59 Å². The predicted octanol–water partition coefficient (Wildman–Crippen LogP) is 3.01. The molecule has 0 spiro atoms. The Labute approximate surface area is 162 Å². The molecule has 1 heterocycles. The number of nitrogens with one attached hydrogen (secondary N) is 1. The molecule has 0 aliphatic rings. The Balaban J connectivity index is 1.96. The molecule has 0 atom stereocenters. The van der Waals surface area contributed by atoms with Crippen LogP contribution >= 0.6 is 11.6 Å². The molecule has 0 unspecified atom stereocenters. The summed E-state index contributed by atoms with van der Waals surface area (Å²) in [5.41, 5.74) is 0.989. The number of rotatable bonds is 7. The summed E-state index contributed by atoms with van der Waals surface area (Å²) in [6.45, 7) is 4.50. The van der Waals surface area contributed by atoms with Crippen molar-refractivity contribution in [1.82, 2.24) is 9.88 Å². The number of benzene rings is 1. The third-order valence-corrected chi connectivity index (χ3v) is 4.06. The minimum Gasteiger partial charge on any atom is -0.452 e. The van der Waals surface area contributed by atoms with Crippen LogP contribution in [-0.2, 0) is 9.53 Å². The van der Waals surface area contributed by atoms with Crippen LogP contribution in [0.15, 0.2) is 42.6 Å². The Morgan fingerprint density at radius 2 is 1.89 bits per heavy atom. The van der Waals surface area contributed by atoms with Crippen LogP contribution in [0.1, 0.15) is 34.6 Å². The third-order valence-electron chi connectivity index (χ3n) is 3.76. The Bertz CT molecular complexity index is 837. The molecule has 0 aliphatic carbocycles. The molecule has 2 amide bonds. The van der Waals surface area contributed by atoms with Crippen LogP contribution in [0.25, 0.3) is 0 Å². The van der Waals surface area contributed by atoms with Crippen molar-refractivity contribution in [3.63, 3.8) is 0 Å². The molecule has 2 aromatic rings. The average Bonchev–Trinajstić information content (AvgIpc) is 2.67. The summed E-state index contributed by atoms with van der Waals surface area (Å²) in [5.74, 6) is -1.39. The monoisotopic (exact) mass is 389 g/mol. The van der Waals surface area contributed by atoms with Gasteiger partial charge in [0.05, 0.1) is 5.56 Å². The van der Waals surface area contributed by atoms with E-state index in [2.05, 4.69) is 10.3 Å². The van der Waals surface area contributed by atoms with Crippen molar-refractivity contribution in [1.29, 1.82) is 0 Å². The number of amides is 2. The van der Waals surface area contributed by atoms with Crippen molar-refractivity contribution in [2.75, 3.05) is 25.0 Å². The number of halogens is 1. The van der Waals surface area contributed by atoms with Crippen LogP contribution in [0.2, 0.25) is 5.15 Å². The molecule has 7 nitrogen and oxygen atoms in total. The molecule has 0 saturated heterocycles. The molecular formula is C19H20ClN3O4. The Hall–Kier alpha value is -2.93. The maximum atomic E-state index is 12.4. The Morgan fingerprint density at radius 3 is 2.56 bits per heavy atom. The van der Waals surface area contributed by atoms with Gasteiger partial charge in [-0.2, -0.15) is 0 Å². The number of pyridine rings is 1. The van der Waals surface area contributed by atoms with Crippen LogP contribution < -0.4 is 5.32 Å². The van der Waals surface area contributed by atoms with E-state index in [0.29, 0.717) is 24.3 Å². The zero-order chi connectivity index (χ0) is 19.8. The van der Waals surface area contributed by atoms with Gasteiger partial charge in [0.15, 0.2) is 6.61 Å². The fourth-order valence-corrected chi connectivity index (χ4v) is 2.56. The van der Waals surface area contributed by atoms with Crippen molar-refractivity contribution in [2.24, 2.45) is 0 Å². The minimum atomic E-state index is -0.742. The lowest BCUT2D eigenvalue weighted by Gasteiger charge is -2.19. The second-order valence-electron chi connectivity index (χ2n) is 5.52. The average molecular weight is 390 g/mol. The van der Waals surface area contributed by atoms with Crippen LogP contribution in [0, 0.1) is 0 Å². The molecule has 2 rings (SSSR count). The van der Waals surface area contributed by atoms with Crippen molar-refractivity contribution in [2.45, 2.75) is 13.8 Å². The summed E-state index contributed by atoms with van der Waals surface area (Å²) < 4.78 is 4.94. The lowest BCUT2D eigenvalue weighted by atomic mass is 10.1. The highest BCUT2D eigenvalue weighted by molar-refractivity contribution is 6.32. The summed E-state index contributed by atoms with van der Waals surface area (Å²) in [7, 11) is 0. The van der Waals surface area contributed by atoms with Gasteiger partial charge in [-0.05, 0) is 44.2 Å². The van der Waals surface area contributed by atoms with Gasteiger partial charge >= 0.3 is 5.97 Å². The molecule has 0 bridgehead atoms. The first kappa shape index (κ1) is 20.4. The number of hydrogen-bond acceptors (Lipinski definition) is 5. The molecule has 1 N–H and O–H groups in total. The molecule has 27 heavy (non-hydrogen) atoms. The van der Waals surface area contributed by atoms with Gasteiger partial charge < -0.3 is 15.0 Å². The molecule has 0 aliphatic heterocycles. The first-order chi connectivity index (χ1) is 13.0. The number of nitrogens with zero attached hydrogens (tertiary/aromatic N) is 2. The highest BCUT2D eigenvalue weighted by Crippen LogP contribution is 2.14. The van der Waals surface area contributed by atoms with Crippen LogP contribution in [0.3, 0.4) is 0 Å². The van der Waals surface area contributed by atoms with Gasteiger partial charge in [-0.25, -0.2) is 9.78 Å². The largest absolute Gasteiger partial charge is 0.452 e. The predicted molar refractivity (Wildman–Crippen MR) is 102 cm³/mol. The normalized spacial score (nSPS) is 10.2. The fraction of sp³-hybridized carbons (Fsp3) is 0.263. The van der Waals surface area contributed by atoms with Gasteiger partial charge in [-0.1, -0.05) is 17.7 Å². The summed E-state index contributed by atoms with van der Waals surface area (Å²) in [6, 6.07) is 9.59. The second kappa shape index (κ2) is 9.68. The maximum Gasteiger partial charge on any atom is 0.341 e. The summed E-state index contributed by atoms with van der Waals surface area (Å²) in [6.07, 6.45) is 1.44. The number of carbonyl (C=O) groups excluding carboxylic acids is 3. The molecule has 0 radical (unpaired) electrons. The number of anilines is 1. The van der Waals surface area contributed by atoms with E-state index >= 15 is 0 Å². The van der Waals surface area contributed by atoms with Gasteiger partial charge in [0.25, 0.3) is 11.8 Å². The lowest BCUT2D eigenvalue weighted by Crippen LogP contribution is -2.30. The van der Waals surface area contributed by atoms with E-state index in [9.17, 15) is 14.4 Å². The molecule has 1 aromatic heterocycles. The molecule has 8 heteroatoms. The van der Waals surface area contributed by atoms with E-state index in [0.717, 1.165) is 0 Å². The summed E-state index contributed by atoms with van der Waals surface area (Å²) in [4.78, 5) is 41.8. The van der Waals surface area contributed by atoms with Crippen LogP contribution in [0.5, 0.6) is 0 Å². The number of aromatic nitrogens is 1. The van der Waals surface area contributed by atoms with Crippen molar-refractivity contribution < 1.29 is 19.1 Å².